The number of carbonyl (C=O) groups is 1. The van der Waals surface area contributed by atoms with Gasteiger partial charge in [0, 0.05) is 12.6 Å². The number of urea groups is 1. The van der Waals surface area contributed by atoms with Crippen LogP contribution in [0, 0.1) is 15.9 Å². The van der Waals surface area contributed by atoms with E-state index in [0.717, 1.165) is 0 Å². The van der Waals surface area contributed by atoms with Crippen molar-refractivity contribution >= 4 is 17.4 Å². The third-order valence-electron chi connectivity index (χ3n) is 2.69. The summed E-state index contributed by atoms with van der Waals surface area (Å²) in [5, 5.41) is 15.7. The maximum Gasteiger partial charge on any atom is 0.319 e. The van der Waals surface area contributed by atoms with Crippen LogP contribution in [-0.4, -0.2) is 11.0 Å². The fourth-order valence-corrected chi connectivity index (χ4v) is 1.73. The highest BCUT2D eigenvalue weighted by atomic mass is 19.1. The quantitative estimate of drug-likeness (QED) is 0.670. The Morgan fingerprint density at radius 3 is 2.67 bits per heavy atom. The van der Waals surface area contributed by atoms with Gasteiger partial charge in [-0.15, -0.1) is 0 Å². The van der Waals surface area contributed by atoms with Crippen LogP contribution >= 0.6 is 0 Å². The molecule has 2 amide bonds. The minimum Gasteiger partial charge on any atom is -0.334 e. The lowest BCUT2D eigenvalue weighted by Gasteiger charge is -2.08. The van der Waals surface area contributed by atoms with E-state index in [1.54, 1.807) is 12.1 Å². The molecule has 21 heavy (non-hydrogen) atoms. The van der Waals surface area contributed by atoms with Crippen molar-refractivity contribution in [2.75, 3.05) is 5.32 Å². The zero-order chi connectivity index (χ0) is 15.2. The molecule has 0 aliphatic carbocycles. The van der Waals surface area contributed by atoms with Crippen LogP contribution in [0.3, 0.4) is 0 Å². The first-order chi connectivity index (χ1) is 10.1. The average molecular weight is 289 g/mol. The zero-order valence-electron chi connectivity index (χ0n) is 10.9. The number of para-hydroxylation sites is 2. The fraction of sp³-hybridized carbons (Fsp3) is 0.0714. The van der Waals surface area contributed by atoms with Gasteiger partial charge in [-0.1, -0.05) is 24.3 Å². The SMILES string of the molecule is O=C(NCc1cccc(F)c1)Nc1ccccc1[N+](=O)[O-]. The van der Waals surface area contributed by atoms with Crippen LogP contribution in [0.2, 0.25) is 0 Å². The molecule has 0 fully saturated rings. The van der Waals surface area contributed by atoms with Crippen molar-refractivity contribution in [1.82, 2.24) is 5.32 Å². The predicted molar refractivity (Wildman–Crippen MR) is 75.4 cm³/mol. The number of nitro groups is 1. The van der Waals surface area contributed by atoms with E-state index in [-0.39, 0.29) is 17.9 Å². The molecule has 0 saturated heterocycles. The Kier molecular flexibility index (Phi) is 4.45. The summed E-state index contributed by atoms with van der Waals surface area (Å²) < 4.78 is 13.0. The number of nitrogens with zero attached hydrogens (tertiary/aromatic N) is 1. The van der Waals surface area contributed by atoms with Gasteiger partial charge < -0.3 is 10.6 Å². The average Bonchev–Trinajstić information content (AvgIpc) is 2.45. The number of amides is 2. The number of hydrogen-bond donors (Lipinski definition) is 2. The van der Waals surface area contributed by atoms with Gasteiger partial charge in [0.15, 0.2) is 0 Å². The first kappa shape index (κ1) is 14.4. The molecule has 0 bridgehead atoms. The molecule has 2 aromatic carbocycles. The largest absolute Gasteiger partial charge is 0.334 e. The molecule has 0 saturated carbocycles. The predicted octanol–water partition coefficient (Wildman–Crippen LogP) is 3.06. The van der Waals surface area contributed by atoms with Crippen LogP contribution in [-0.2, 0) is 6.54 Å². The second-order valence-corrected chi connectivity index (χ2v) is 4.21. The van der Waals surface area contributed by atoms with Gasteiger partial charge in [-0.05, 0) is 23.8 Å². The molecule has 0 spiro atoms. The molecule has 0 radical (unpaired) electrons. The van der Waals surface area contributed by atoms with Crippen LogP contribution in [0.1, 0.15) is 5.56 Å². The van der Waals surface area contributed by atoms with E-state index in [2.05, 4.69) is 10.6 Å². The topological polar surface area (TPSA) is 84.3 Å². The van der Waals surface area contributed by atoms with E-state index in [0.29, 0.717) is 5.56 Å². The minimum absolute atomic E-state index is 0.0965. The standard InChI is InChI=1S/C14H12FN3O3/c15-11-5-3-4-10(8-11)9-16-14(19)17-12-6-1-2-7-13(12)18(20)21/h1-8H,9H2,(H2,16,17,19). The second-order valence-electron chi connectivity index (χ2n) is 4.21. The summed E-state index contributed by atoms with van der Waals surface area (Å²) in [5.41, 5.74) is 0.491. The summed E-state index contributed by atoms with van der Waals surface area (Å²) in [4.78, 5) is 21.9. The molecule has 0 aliphatic rings. The van der Waals surface area contributed by atoms with Crippen molar-refractivity contribution in [2.24, 2.45) is 0 Å². The fourth-order valence-electron chi connectivity index (χ4n) is 1.73. The Bertz CT molecular complexity index is 676. The monoisotopic (exact) mass is 289 g/mol. The lowest BCUT2D eigenvalue weighted by Crippen LogP contribution is -2.28. The van der Waals surface area contributed by atoms with E-state index >= 15 is 0 Å². The Labute approximate surface area is 119 Å². The number of benzene rings is 2. The lowest BCUT2D eigenvalue weighted by atomic mass is 10.2. The van der Waals surface area contributed by atoms with Crippen LogP contribution < -0.4 is 10.6 Å². The summed E-state index contributed by atoms with van der Waals surface area (Å²) in [5.74, 6) is -0.395. The van der Waals surface area contributed by atoms with Crippen LogP contribution in [0.5, 0.6) is 0 Å². The van der Waals surface area contributed by atoms with Crippen LogP contribution in [0.15, 0.2) is 48.5 Å². The molecule has 0 aromatic heterocycles. The van der Waals surface area contributed by atoms with Gasteiger partial charge in [0.05, 0.1) is 4.92 Å². The number of halogens is 1. The maximum absolute atomic E-state index is 13.0. The normalized spacial score (nSPS) is 9.95. The van der Waals surface area contributed by atoms with Gasteiger partial charge in [0.1, 0.15) is 11.5 Å². The van der Waals surface area contributed by atoms with Gasteiger partial charge in [-0.3, -0.25) is 10.1 Å². The Hall–Kier alpha value is -2.96. The van der Waals surface area contributed by atoms with Crippen molar-refractivity contribution in [3.8, 4) is 0 Å². The molecule has 6 nitrogen and oxygen atoms in total. The molecule has 0 atom stereocenters. The third kappa shape index (κ3) is 4.00. The highest BCUT2D eigenvalue weighted by Gasteiger charge is 2.14. The molecule has 2 N–H and O–H groups in total. The molecule has 0 aliphatic heterocycles. The van der Waals surface area contributed by atoms with Crippen molar-refractivity contribution < 1.29 is 14.1 Å². The molecular weight excluding hydrogens is 277 g/mol. The molecule has 7 heteroatoms. The van der Waals surface area contributed by atoms with E-state index in [1.807, 2.05) is 0 Å². The summed E-state index contributed by atoms with van der Waals surface area (Å²) in [6, 6.07) is 11.0. The van der Waals surface area contributed by atoms with Gasteiger partial charge in [0.25, 0.3) is 5.69 Å². The highest BCUT2D eigenvalue weighted by Crippen LogP contribution is 2.22. The summed E-state index contributed by atoms with van der Waals surface area (Å²) in [6.45, 7) is 0.115. The molecule has 2 aromatic rings. The smallest absolute Gasteiger partial charge is 0.319 e. The molecule has 0 heterocycles. The Morgan fingerprint density at radius 1 is 1.19 bits per heavy atom. The number of nitrogens with one attached hydrogen (secondary N) is 2. The number of nitro benzene ring substituents is 1. The van der Waals surface area contributed by atoms with Gasteiger partial charge in [-0.2, -0.15) is 0 Å². The first-order valence-electron chi connectivity index (χ1n) is 6.09. The van der Waals surface area contributed by atoms with Gasteiger partial charge in [0.2, 0.25) is 0 Å². The van der Waals surface area contributed by atoms with E-state index < -0.39 is 16.8 Å². The first-order valence-corrected chi connectivity index (χ1v) is 6.09. The van der Waals surface area contributed by atoms with Crippen LogP contribution in [0.25, 0.3) is 0 Å². The second kappa shape index (κ2) is 6.47. The minimum atomic E-state index is -0.603. The Morgan fingerprint density at radius 2 is 1.95 bits per heavy atom. The van der Waals surface area contributed by atoms with Gasteiger partial charge >= 0.3 is 6.03 Å². The summed E-state index contributed by atoms with van der Waals surface area (Å²) in [7, 11) is 0. The number of rotatable bonds is 4. The van der Waals surface area contributed by atoms with Gasteiger partial charge in [-0.25, -0.2) is 9.18 Å². The Balaban J connectivity index is 1.98. The van der Waals surface area contributed by atoms with E-state index in [4.69, 9.17) is 0 Å². The van der Waals surface area contributed by atoms with E-state index in [1.165, 1.54) is 36.4 Å². The van der Waals surface area contributed by atoms with Crippen molar-refractivity contribution in [2.45, 2.75) is 6.54 Å². The number of hydrogen-bond acceptors (Lipinski definition) is 3. The molecule has 108 valence electrons. The molecule has 0 unspecified atom stereocenters. The third-order valence-corrected chi connectivity index (χ3v) is 2.69. The van der Waals surface area contributed by atoms with Crippen LogP contribution in [0.4, 0.5) is 20.6 Å². The number of carbonyl (C=O) groups excluding carboxylic acids is 1. The van der Waals surface area contributed by atoms with Crippen molar-refractivity contribution in [3.05, 3.63) is 70.0 Å². The zero-order valence-corrected chi connectivity index (χ0v) is 10.9. The summed E-state index contributed by atoms with van der Waals surface area (Å²) in [6.07, 6.45) is 0. The number of anilines is 1. The summed E-state index contributed by atoms with van der Waals surface area (Å²) >= 11 is 0. The lowest BCUT2D eigenvalue weighted by molar-refractivity contribution is -0.383. The highest BCUT2D eigenvalue weighted by molar-refractivity contribution is 5.91. The van der Waals surface area contributed by atoms with Crippen molar-refractivity contribution in [3.63, 3.8) is 0 Å². The van der Waals surface area contributed by atoms with Crippen molar-refractivity contribution in [1.29, 1.82) is 0 Å². The van der Waals surface area contributed by atoms with E-state index in [9.17, 15) is 19.3 Å². The maximum atomic E-state index is 13.0. The molecule has 2 rings (SSSR count). The molecular formula is C14H12FN3O3.